The van der Waals surface area contributed by atoms with E-state index >= 15 is 0 Å². The zero-order chi connectivity index (χ0) is 19.1. The van der Waals surface area contributed by atoms with Gasteiger partial charge in [-0.1, -0.05) is 37.3 Å². The Kier molecular flexibility index (Phi) is 7.60. The Hall–Kier alpha value is -1.92. The molecule has 144 valence electrons. The number of rotatable bonds is 7. The summed E-state index contributed by atoms with van der Waals surface area (Å²) in [5.74, 6) is -0.666. The average Bonchev–Trinajstić information content (AvgIpc) is 2.88. The number of hydrogen-bond acceptors (Lipinski definition) is 4. The minimum atomic E-state index is -0.807. The second-order valence-electron chi connectivity index (χ2n) is 7.11. The summed E-state index contributed by atoms with van der Waals surface area (Å²) >= 11 is 0. The Morgan fingerprint density at radius 3 is 2.50 bits per heavy atom. The Labute approximate surface area is 156 Å². The van der Waals surface area contributed by atoms with Gasteiger partial charge in [-0.2, -0.15) is 0 Å². The molecule has 0 radical (unpaired) electrons. The summed E-state index contributed by atoms with van der Waals surface area (Å²) in [5.41, 5.74) is 1.02. The number of benzene rings is 1. The van der Waals surface area contributed by atoms with E-state index in [1.54, 1.807) is 0 Å². The Morgan fingerprint density at radius 1 is 1.19 bits per heavy atom. The predicted molar refractivity (Wildman–Crippen MR) is 102 cm³/mol. The summed E-state index contributed by atoms with van der Waals surface area (Å²) in [6, 6.07) is 9.87. The Balaban J connectivity index is 2.08. The van der Waals surface area contributed by atoms with Crippen molar-refractivity contribution in [1.29, 1.82) is 0 Å². The number of hydrogen-bond donors (Lipinski definition) is 1. The first-order valence-electron chi connectivity index (χ1n) is 9.40. The van der Waals surface area contributed by atoms with Gasteiger partial charge in [0.15, 0.2) is 0 Å². The lowest BCUT2D eigenvalue weighted by Crippen LogP contribution is -2.43. The Morgan fingerprint density at radius 2 is 1.88 bits per heavy atom. The highest BCUT2D eigenvalue weighted by Crippen LogP contribution is 2.24. The summed E-state index contributed by atoms with van der Waals surface area (Å²) < 4.78 is 0. The van der Waals surface area contributed by atoms with Crippen molar-refractivity contribution in [3.05, 3.63) is 35.9 Å². The number of carboxylic acid groups (broad SMARTS) is 1. The van der Waals surface area contributed by atoms with E-state index in [1.807, 2.05) is 54.2 Å². The number of aliphatic carboxylic acids is 1. The topological polar surface area (TPSA) is 64.1 Å². The van der Waals surface area contributed by atoms with Crippen molar-refractivity contribution in [1.82, 2.24) is 14.7 Å². The fourth-order valence-corrected chi connectivity index (χ4v) is 3.66. The third-order valence-electron chi connectivity index (χ3n) is 5.31. The van der Waals surface area contributed by atoms with Crippen LogP contribution in [-0.2, 0) is 9.59 Å². The molecule has 1 amide bonds. The zero-order valence-corrected chi connectivity index (χ0v) is 16.1. The van der Waals surface area contributed by atoms with E-state index in [1.165, 1.54) is 0 Å². The van der Waals surface area contributed by atoms with Gasteiger partial charge in [-0.3, -0.25) is 19.4 Å². The molecule has 0 bridgehead atoms. The average molecular weight is 361 g/mol. The zero-order valence-electron chi connectivity index (χ0n) is 16.1. The van der Waals surface area contributed by atoms with Gasteiger partial charge in [0, 0.05) is 19.1 Å². The van der Waals surface area contributed by atoms with E-state index in [0.29, 0.717) is 6.54 Å². The van der Waals surface area contributed by atoms with Gasteiger partial charge < -0.3 is 10.0 Å². The normalized spacial score (nSPS) is 19.4. The molecular weight excluding hydrogens is 330 g/mol. The number of carbonyl (C=O) groups excluding carboxylic acids is 1. The van der Waals surface area contributed by atoms with E-state index in [0.717, 1.165) is 37.9 Å². The van der Waals surface area contributed by atoms with Gasteiger partial charge in [0.2, 0.25) is 5.91 Å². The Bertz CT molecular complexity index is 593. The molecule has 1 saturated heterocycles. The molecule has 2 atom stereocenters. The second kappa shape index (κ2) is 9.69. The van der Waals surface area contributed by atoms with Crippen LogP contribution in [0.5, 0.6) is 0 Å². The van der Waals surface area contributed by atoms with E-state index in [-0.39, 0.29) is 24.5 Å². The number of carbonyl (C=O) groups is 2. The van der Waals surface area contributed by atoms with E-state index in [4.69, 9.17) is 5.11 Å². The highest BCUT2D eigenvalue weighted by molar-refractivity contribution is 5.83. The highest BCUT2D eigenvalue weighted by atomic mass is 16.4. The lowest BCUT2D eigenvalue weighted by molar-refractivity contribution is -0.139. The van der Waals surface area contributed by atoms with Crippen LogP contribution >= 0.6 is 0 Å². The molecular formula is C20H31N3O3. The molecule has 2 unspecified atom stereocenters. The fraction of sp³-hybridized carbons (Fsp3) is 0.600. The van der Waals surface area contributed by atoms with Crippen LogP contribution in [0.2, 0.25) is 0 Å². The SMILES string of the molecule is CCN(C)C(C(=O)N1CCCC(N(C)CC(=O)O)CC1)c1ccccc1. The van der Waals surface area contributed by atoms with Crippen molar-refractivity contribution in [3.8, 4) is 0 Å². The van der Waals surface area contributed by atoms with Crippen LogP contribution in [0, 0.1) is 0 Å². The molecule has 26 heavy (non-hydrogen) atoms. The third kappa shape index (κ3) is 5.29. The number of amides is 1. The summed E-state index contributed by atoms with van der Waals surface area (Å²) in [5, 5.41) is 9.00. The summed E-state index contributed by atoms with van der Waals surface area (Å²) in [7, 11) is 3.84. The van der Waals surface area contributed by atoms with Crippen molar-refractivity contribution in [3.63, 3.8) is 0 Å². The van der Waals surface area contributed by atoms with Crippen LogP contribution < -0.4 is 0 Å². The van der Waals surface area contributed by atoms with Crippen LogP contribution in [0.4, 0.5) is 0 Å². The van der Waals surface area contributed by atoms with E-state index in [9.17, 15) is 9.59 Å². The summed E-state index contributed by atoms with van der Waals surface area (Å²) in [6.45, 7) is 4.31. The van der Waals surface area contributed by atoms with Gasteiger partial charge in [0.1, 0.15) is 6.04 Å². The molecule has 6 nitrogen and oxygen atoms in total. The molecule has 0 aliphatic carbocycles. The molecule has 6 heteroatoms. The first kappa shape index (κ1) is 20.4. The number of likely N-dealkylation sites (tertiary alicyclic amines) is 1. The smallest absolute Gasteiger partial charge is 0.317 e. The summed E-state index contributed by atoms with van der Waals surface area (Å²) in [4.78, 5) is 30.2. The molecule has 0 saturated carbocycles. The predicted octanol–water partition coefficient (Wildman–Crippen LogP) is 2.08. The molecule has 1 heterocycles. The van der Waals surface area contributed by atoms with Crippen molar-refractivity contribution < 1.29 is 14.7 Å². The molecule has 1 fully saturated rings. The van der Waals surface area contributed by atoms with Crippen LogP contribution in [0.1, 0.15) is 37.8 Å². The molecule has 1 aliphatic rings. The van der Waals surface area contributed by atoms with Gasteiger partial charge in [0.25, 0.3) is 0 Å². The van der Waals surface area contributed by atoms with Gasteiger partial charge in [-0.15, -0.1) is 0 Å². The van der Waals surface area contributed by atoms with Crippen LogP contribution in [-0.4, -0.2) is 78.0 Å². The minimum Gasteiger partial charge on any atom is -0.480 e. The van der Waals surface area contributed by atoms with Crippen molar-refractivity contribution in [2.45, 2.75) is 38.3 Å². The molecule has 2 rings (SSSR count). The quantitative estimate of drug-likeness (QED) is 0.806. The minimum absolute atomic E-state index is 0.0455. The molecule has 1 aliphatic heterocycles. The maximum Gasteiger partial charge on any atom is 0.317 e. The lowest BCUT2D eigenvalue weighted by Gasteiger charge is -2.32. The number of likely N-dealkylation sites (N-methyl/N-ethyl adjacent to an activating group) is 2. The highest BCUT2D eigenvalue weighted by Gasteiger charge is 2.31. The third-order valence-corrected chi connectivity index (χ3v) is 5.31. The van der Waals surface area contributed by atoms with Crippen molar-refractivity contribution in [2.75, 3.05) is 40.3 Å². The molecule has 1 N–H and O–H groups in total. The standard InChI is InChI=1S/C20H31N3O3/c1-4-21(2)19(16-9-6-5-7-10-16)20(26)23-13-8-11-17(12-14-23)22(3)15-18(24)25/h5-7,9-10,17,19H,4,8,11-15H2,1-3H3,(H,24,25). The van der Waals surface area contributed by atoms with Crippen molar-refractivity contribution in [2.24, 2.45) is 0 Å². The number of nitrogens with zero attached hydrogens (tertiary/aromatic N) is 3. The lowest BCUT2D eigenvalue weighted by atomic mass is 10.0. The van der Waals surface area contributed by atoms with Gasteiger partial charge in [-0.05, 0) is 45.5 Å². The molecule has 1 aromatic carbocycles. The van der Waals surface area contributed by atoms with Crippen LogP contribution in [0.3, 0.4) is 0 Å². The second-order valence-corrected chi connectivity index (χ2v) is 7.11. The summed E-state index contributed by atoms with van der Waals surface area (Å²) in [6.07, 6.45) is 2.64. The maximum absolute atomic E-state index is 13.3. The fourth-order valence-electron chi connectivity index (χ4n) is 3.66. The first-order valence-corrected chi connectivity index (χ1v) is 9.40. The monoisotopic (exact) mass is 361 g/mol. The van der Waals surface area contributed by atoms with Gasteiger partial charge >= 0.3 is 5.97 Å². The largest absolute Gasteiger partial charge is 0.480 e. The van der Waals surface area contributed by atoms with Gasteiger partial charge in [-0.25, -0.2) is 0 Å². The van der Waals surface area contributed by atoms with Gasteiger partial charge in [0.05, 0.1) is 6.54 Å². The first-order chi connectivity index (χ1) is 12.4. The molecule has 0 spiro atoms. The maximum atomic E-state index is 13.3. The van der Waals surface area contributed by atoms with Crippen LogP contribution in [0.15, 0.2) is 30.3 Å². The van der Waals surface area contributed by atoms with E-state index < -0.39 is 5.97 Å². The molecule has 0 aromatic heterocycles. The molecule has 1 aromatic rings. The van der Waals surface area contributed by atoms with Crippen molar-refractivity contribution >= 4 is 11.9 Å². The van der Waals surface area contributed by atoms with E-state index in [2.05, 4.69) is 11.8 Å². The number of carboxylic acids is 1. The van der Waals surface area contributed by atoms with Crippen LogP contribution in [0.25, 0.3) is 0 Å².